The van der Waals surface area contributed by atoms with E-state index >= 15 is 0 Å². The number of likely N-dealkylation sites (N-methyl/N-ethyl adjacent to an activating group) is 1. The van der Waals surface area contributed by atoms with Gasteiger partial charge in [0.15, 0.2) is 0 Å². The molecule has 1 heterocycles. The normalized spacial score (nSPS) is 24.3. The number of likely N-dealkylation sites (tertiary alicyclic amines) is 1. The van der Waals surface area contributed by atoms with Crippen LogP contribution in [0.4, 0.5) is 0 Å². The Labute approximate surface area is 117 Å². The fraction of sp³-hybridized carbons (Fsp3) is 0.929. The van der Waals surface area contributed by atoms with Gasteiger partial charge in [-0.2, -0.15) is 0 Å². The molecule has 0 aromatic heterocycles. The van der Waals surface area contributed by atoms with Crippen LogP contribution in [0.25, 0.3) is 0 Å². The Bertz CT molecular complexity index is 300. The van der Waals surface area contributed by atoms with E-state index < -0.39 is 0 Å². The third-order valence-corrected chi connectivity index (χ3v) is 3.28. The Morgan fingerprint density at radius 3 is 2.58 bits per heavy atom. The quantitative estimate of drug-likeness (QED) is 0.754. The molecule has 1 amide bonds. The Balaban J connectivity index is 2.45. The molecule has 1 fully saturated rings. The first-order valence-electron chi connectivity index (χ1n) is 7.06. The molecule has 0 radical (unpaired) electrons. The molecule has 1 rings (SSSR count). The van der Waals surface area contributed by atoms with E-state index in [1.807, 2.05) is 19.0 Å². The highest BCUT2D eigenvalue weighted by Gasteiger charge is 2.34. The molecule has 5 heteroatoms. The lowest BCUT2D eigenvalue weighted by molar-refractivity contribution is -0.132. The minimum absolute atomic E-state index is 0.0356. The number of carbonyl (C=O) groups excluding carboxylic acids is 1. The van der Waals surface area contributed by atoms with Gasteiger partial charge in [0.05, 0.1) is 6.10 Å². The van der Waals surface area contributed by atoms with E-state index in [9.17, 15) is 9.90 Å². The van der Waals surface area contributed by atoms with Gasteiger partial charge in [0.2, 0.25) is 5.91 Å². The summed E-state index contributed by atoms with van der Waals surface area (Å²) in [5.41, 5.74) is 0.0356. The highest BCUT2D eigenvalue weighted by molar-refractivity contribution is 5.77. The second-order valence-electron chi connectivity index (χ2n) is 6.78. The smallest absolute Gasteiger partial charge is 0.224 e. The van der Waals surface area contributed by atoms with Gasteiger partial charge in [-0.25, -0.2) is 0 Å². The number of nitrogens with one attached hydrogen (secondary N) is 1. The Morgan fingerprint density at radius 1 is 1.42 bits per heavy atom. The van der Waals surface area contributed by atoms with Gasteiger partial charge >= 0.3 is 0 Å². The summed E-state index contributed by atoms with van der Waals surface area (Å²) in [7, 11) is 3.99. The average Bonchev–Trinajstić information content (AvgIpc) is 2.56. The predicted molar refractivity (Wildman–Crippen MR) is 77.1 cm³/mol. The van der Waals surface area contributed by atoms with Crippen molar-refractivity contribution in [3.05, 3.63) is 0 Å². The molecule has 0 aromatic rings. The van der Waals surface area contributed by atoms with Crippen LogP contribution in [0, 0.1) is 0 Å². The average molecular weight is 271 g/mol. The predicted octanol–water partition coefficient (Wildman–Crippen LogP) is 0.288. The van der Waals surface area contributed by atoms with Crippen LogP contribution in [0.15, 0.2) is 0 Å². The van der Waals surface area contributed by atoms with Crippen molar-refractivity contribution < 1.29 is 9.90 Å². The van der Waals surface area contributed by atoms with Crippen LogP contribution in [0.1, 0.15) is 33.6 Å². The molecule has 0 aliphatic carbocycles. The topological polar surface area (TPSA) is 55.8 Å². The Hall–Kier alpha value is -0.650. The van der Waals surface area contributed by atoms with Gasteiger partial charge in [0, 0.05) is 37.6 Å². The van der Waals surface area contributed by atoms with Gasteiger partial charge in [0.25, 0.3) is 0 Å². The molecule has 0 spiro atoms. The zero-order valence-electron chi connectivity index (χ0n) is 12.9. The molecule has 1 saturated heterocycles. The van der Waals surface area contributed by atoms with E-state index in [4.69, 9.17) is 0 Å². The number of aliphatic hydroxyl groups is 1. The number of hydrogen-bond acceptors (Lipinski definition) is 4. The molecule has 1 aliphatic heterocycles. The summed E-state index contributed by atoms with van der Waals surface area (Å²) < 4.78 is 0. The number of nitrogens with zero attached hydrogens (tertiary/aromatic N) is 2. The molecule has 1 aliphatic rings. The van der Waals surface area contributed by atoms with Crippen LogP contribution in [-0.4, -0.2) is 72.2 Å². The maximum atomic E-state index is 12.2. The number of amides is 1. The van der Waals surface area contributed by atoms with E-state index in [-0.39, 0.29) is 23.6 Å². The summed E-state index contributed by atoms with van der Waals surface area (Å²) in [5, 5.41) is 13.1. The third kappa shape index (κ3) is 5.89. The molecule has 2 N–H and O–H groups in total. The van der Waals surface area contributed by atoms with E-state index in [0.717, 1.165) is 6.54 Å². The molecule has 19 heavy (non-hydrogen) atoms. The molecular weight excluding hydrogens is 242 g/mol. The van der Waals surface area contributed by atoms with Crippen molar-refractivity contribution in [3.8, 4) is 0 Å². The third-order valence-electron chi connectivity index (χ3n) is 3.28. The van der Waals surface area contributed by atoms with Crippen molar-refractivity contribution in [2.24, 2.45) is 0 Å². The Morgan fingerprint density at radius 2 is 2.05 bits per heavy atom. The summed E-state index contributed by atoms with van der Waals surface area (Å²) >= 11 is 0. The fourth-order valence-corrected chi connectivity index (χ4v) is 2.48. The molecule has 5 nitrogen and oxygen atoms in total. The van der Waals surface area contributed by atoms with Crippen LogP contribution >= 0.6 is 0 Å². The highest BCUT2D eigenvalue weighted by Crippen LogP contribution is 2.19. The standard InChI is InChI=1S/C14H29N3O2/c1-14(2,3)15-7-6-13(19)17-10-12(18)8-11(17)9-16(4)5/h11-12,15,18H,6-10H2,1-5H3. The van der Waals surface area contributed by atoms with Gasteiger partial charge in [-0.1, -0.05) is 0 Å². The molecule has 0 bridgehead atoms. The summed E-state index contributed by atoms with van der Waals surface area (Å²) in [6, 6.07) is 0.145. The lowest BCUT2D eigenvalue weighted by Crippen LogP contribution is -2.43. The maximum Gasteiger partial charge on any atom is 0.224 e. The van der Waals surface area contributed by atoms with E-state index in [0.29, 0.717) is 25.9 Å². The van der Waals surface area contributed by atoms with Crippen LogP contribution in [-0.2, 0) is 4.79 Å². The summed E-state index contributed by atoms with van der Waals surface area (Å²) in [6.45, 7) is 8.25. The van der Waals surface area contributed by atoms with Crippen molar-refractivity contribution in [1.82, 2.24) is 15.1 Å². The maximum absolute atomic E-state index is 12.2. The van der Waals surface area contributed by atoms with Crippen molar-refractivity contribution in [1.29, 1.82) is 0 Å². The summed E-state index contributed by atoms with van der Waals surface area (Å²) in [6.07, 6.45) is 0.814. The van der Waals surface area contributed by atoms with Gasteiger partial charge in [-0.3, -0.25) is 4.79 Å². The molecule has 2 atom stereocenters. The second kappa shape index (κ2) is 6.68. The first-order valence-corrected chi connectivity index (χ1v) is 7.06. The first-order chi connectivity index (χ1) is 8.69. The lowest BCUT2D eigenvalue weighted by Gasteiger charge is -2.27. The number of hydrogen-bond donors (Lipinski definition) is 2. The lowest BCUT2D eigenvalue weighted by atomic mass is 10.1. The van der Waals surface area contributed by atoms with Crippen molar-refractivity contribution in [2.75, 3.05) is 33.7 Å². The highest BCUT2D eigenvalue weighted by atomic mass is 16.3. The monoisotopic (exact) mass is 271 g/mol. The van der Waals surface area contributed by atoms with Gasteiger partial charge in [0.1, 0.15) is 0 Å². The van der Waals surface area contributed by atoms with Gasteiger partial charge < -0.3 is 20.2 Å². The number of carbonyl (C=O) groups is 1. The Kier molecular flexibility index (Phi) is 5.77. The van der Waals surface area contributed by atoms with Crippen LogP contribution in [0.3, 0.4) is 0 Å². The van der Waals surface area contributed by atoms with E-state index in [2.05, 4.69) is 31.0 Å². The summed E-state index contributed by atoms with van der Waals surface area (Å²) in [4.78, 5) is 16.1. The fourth-order valence-electron chi connectivity index (χ4n) is 2.48. The minimum atomic E-state index is -0.371. The number of aliphatic hydroxyl groups excluding tert-OH is 1. The van der Waals surface area contributed by atoms with Gasteiger partial charge in [-0.05, 0) is 41.3 Å². The van der Waals surface area contributed by atoms with Crippen LogP contribution in [0.5, 0.6) is 0 Å². The van der Waals surface area contributed by atoms with E-state index in [1.54, 1.807) is 0 Å². The van der Waals surface area contributed by atoms with Gasteiger partial charge in [-0.15, -0.1) is 0 Å². The number of rotatable bonds is 5. The van der Waals surface area contributed by atoms with Crippen molar-refractivity contribution in [2.45, 2.75) is 51.3 Å². The minimum Gasteiger partial charge on any atom is -0.391 e. The molecule has 0 aromatic carbocycles. The van der Waals surface area contributed by atoms with Crippen LogP contribution in [0.2, 0.25) is 0 Å². The second-order valence-corrected chi connectivity index (χ2v) is 6.78. The SMILES string of the molecule is CN(C)CC1CC(O)CN1C(=O)CCNC(C)(C)C. The first kappa shape index (κ1) is 16.4. The number of β-amino-alcohol motifs (C(OH)–C–C–N with tert-alkyl or cyclic N) is 1. The summed E-state index contributed by atoms with van der Waals surface area (Å²) in [5.74, 6) is 0.139. The van der Waals surface area contributed by atoms with Crippen LogP contribution < -0.4 is 5.32 Å². The molecule has 0 saturated carbocycles. The zero-order valence-corrected chi connectivity index (χ0v) is 12.9. The van der Waals surface area contributed by atoms with Crippen molar-refractivity contribution in [3.63, 3.8) is 0 Å². The van der Waals surface area contributed by atoms with Crippen molar-refractivity contribution >= 4 is 5.91 Å². The zero-order chi connectivity index (χ0) is 14.6. The molecule has 112 valence electrons. The largest absolute Gasteiger partial charge is 0.391 e. The molecule has 2 unspecified atom stereocenters. The molecular formula is C14H29N3O2. The van der Waals surface area contributed by atoms with E-state index in [1.165, 1.54) is 0 Å².